The maximum absolute atomic E-state index is 13.1. The molecule has 1 aliphatic heterocycles. The molecule has 1 heterocycles. The van der Waals surface area contributed by atoms with Crippen LogP contribution >= 0.6 is 0 Å². The van der Waals surface area contributed by atoms with E-state index in [9.17, 15) is 4.79 Å². The molecule has 106 valence electrons. The number of amides is 1. The zero-order valence-corrected chi connectivity index (χ0v) is 12.2. The Morgan fingerprint density at radius 1 is 0.947 bits per heavy atom. The summed E-state index contributed by atoms with van der Waals surface area (Å²) < 4.78 is 0. The summed E-state index contributed by atoms with van der Waals surface area (Å²) in [4.78, 5) is 15.3. The molecule has 1 saturated heterocycles. The molecule has 0 aromatic carbocycles. The van der Waals surface area contributed by atoms with Crippen LogP contribution in [0, 0.1) is 29.1 Å². The molecule has 0 N–H and O–H groups in total. The molecule has 0 atom stereocenters. The average molecular weight is 261 g/mol. The lowest BCUT2D eigenvalue weighted by molar-refractivity contribution is -0.159. The highest BCUT2D eigenvalue weighted by Gasteiger charge is 2.55. The summed E-state index contributed by atoms with van der Waals surface area (Å²) in [6, 6.07) is 0. The molecule has 0 spiro atoms. The summed E-state index contributed by atoms with van der Waals surface area (Å²) in [5.74, 6) is 4.04. The van der Waals surface area contributed by atoms with E-state index in [1.165, 1.54) is 51.4 Å². The smallest absolute Gasteiger partial charge is 0.228 e. The average Bonchev–Trinajstić information content (AvgIpc) is 2.37. The summed E-state index contributed by atoms with van der Waals surface area (Å²) in [5, 5.41) is 0. The lowest BCUT2D eigenvalue weighted by atomic mass is 9.49. The zero-order valence-electron chi connectivity index (χ0n) is 12.2. The second-order valence-electron chi connectivity index (χ2n) is 8.17. The van der Waals surface area contributed by atoms with Crippen molar-refractivity contribution in [3.8, 4) is 0 Å². The molecule has 0 aromatic rings. The molecule has 0 unspecified atom stereocenters. The molecule has 4 bridgehead atoms. The Bertz CT molecular complexity index is 345. The first-order valence-corrected chi connectivity index (χ1v) is 8.44. The normalized spacial score (nSPS) is 45.7. The van der Waals surface area contributed by atoms with Gasteiger partial charge in [0.1, 0.15) is 0 Å². The van der Waals surface area contributed by atoms with Crippen LogP contribution in [0.25, 0.3) is 0 Å². The van der Waals surface area contributed by atoms with Gasteiger partial charge in [0, 0.05) is 13.1 Å². The Morgan fingerprint density at radius 2 is 1.42 bits per heavy atom. The Labute approximate surface area is 116 Å². The monoisotopic (exact) mass is 261 g/mol. The molecule has 4 aliphatic carbocycles. The first-order valence-electron chi connectivity index (χ1n) is 8.44. The van der Waals surface area contributed by atoms with Crippen LogP contribution in [0.1, 0.15) is 58.3 Å². The molecular formula is C17H27NO. The van der Waals surface area contributed by atoms with E-state index < -0.39 is 0 Å². The number of hydrogen-bond acceptors (Lipinski definition) is 1. The van der Waals surface area contributed by atoms with Crippen LogP contribution in [0.15, 0.2) is 0 Å². The summed E-state index contributed by atoms with van der Waals surface area (Å²) in [7, 11) is 0. The van der Waals surface area contributed by atoms with E-state index in [-0.39, 0.29) is 5.41 Å². The van der Waals surface area contributed by atoms with Crippen molar-refractivity contribution in [1.82, 2.24) is 4.90 Å². The minimum Gasteiger partial charge on any atom is -0.342 e. The van der Waals surface area contributed by atoms with Crippen LogP contribution in [0.4, 0.5) is 0 Å². The third-order valence-corrected chi connectivity index (χ3v) is 6.56. The number of piperidine rings is 1. The summed E-state index contributed by atoms with van der Waals surface area (Å²) in [5.41, 5.74) is 0.0926. The first-order chi connectivity index (χ1) is 9.14. The van der Waals surface area contributed by atoms with Gasteiger partial charge in [-0.25, -0.2) is 0 Å². The number of rotatable bonds is 1. The molecule has 2 nitrogen and oxygen atoms in total. The van der Waals surface area contributed by atoms with Gasteiger partial charge < -0.3 is 4.90 Å². The van der Waals surface area contributed by atoms with Crippen molar-refractivity contribution < 1.29 is 4.79 Å². The standard InChI is InChI=1S/C17H27NO/c1-12-2-4-18(5-3-12)16(19)17-9-13-6-14(10-17)8-15(7-13)11-17/h12-15H,2-11H2,1H3. The van der Waals surface area contributed by atoms with Gasteiger partial charge in [0.15, 0.2) is 0 Å². The minimum absolute atomic E-state index is 0.0926. The van der Waals surface area contributed by atoms with Gasteiger partial charge in [-0.05, 0) is 75.0 Å². The van der Waals surface area contributed by atoms with Gasteiger partial charge in [-0.2, -0.15) is 0 Å². The minimum atomic E-state index is 0.0926. The Hall–Kier alpha value is -0.530. The molecule has 1 amide bonds. The van der Waals surface area contributed by atoms with Crippen LogP contribution in [0.2, 0.25) is 0 Å². The molecule has 5 rings (SSSR count). The Balaban J connectivity index is 1.53. The number of hydrogen-bond donors (Lipinski definition) is 0. The number of carbonyl (C=O) groups excluding carboxylic acids is 1. The lowest BCUT2D eigenvalue weighted by Gasteiger charge is -2.57. The fourth-order valence-electron chi connectivity index (χ4n) is 5.92. The fourth-order valence-corrected chi connectivity index (χ4v) is 5.92. The van der Waals surface area contributed by atoms with E-state index in [4.69, 9.17) is 0 Å². The molecule has 0 radical (unpaired) electrons. The number of likely N-dealkylation sites (tertiary alicyclic amines) is 1. The predicted molar refractivity (Wildman–Crippen MR) is 75.6 cm³/mol. The molecular weight excluding hydrogens is 234 g/mol. The number of carbonyl (C=O) groups is 1. The van der Waals surface area contributed by atoms with Gasteiger partial charge in [0.05, 0.1) is 5.41 Å². The maximum atomic E-state index is 13.1. The van der Waals surface area contributed by atoms with Crippen molar-refractivity contribution in [2.45, 2.75) is 58.3 Å². The first kappa shape index (κ1) is 12.2. The van der Waals surface area contributed by atoms with E-state index in [1.807, 2.05) is 0 Å². The molecule has 19 heavy (non-hydrogen) atoms. The molecule has 5 aliphatic rings. The Morgan fingerprint density at radius 3 is 1.89 bits per heavy atom. The van der Waals surface area contributed by atoms with Crippen LogP contribution in [-0.2, 0) is 4.79 Å². The van der Waals surface area contributed by atoms with Gasteiger partial charge in [-0.15, -0.1) is 0 Å². The second kappa shape index (κ2) is 4.23. The van der Waals surface area contributed by atoms with Crippen LogP contribution in [0.5, 0.6) is 0 Å². The highest BCUT2D eigenvalue weighted by molar-refractivity contribution is 5.83. The highest BCUT2D eigenvalue weighted by atomic mass is 16.2. The van der Waals surface area contributed by atoms with Gasteiger partial charge >= 0.3 is 0 Å². The van der Waals surface area contributed by atoms with Crippen LogP contribution in [0.3, 0.4) is 0 Å². The highest BCUT2D eigenvalue weighted by Crippen LogP contribution is 2.60. The van der Waals surface area contributed by atoms with Crippen molar-refractivity contribution in [2.75, 3.05) is 13.1 Å². The molecule has 0 aromatic heterocycles. The topological polar surface area (TPSA) is 20.3 Å². The van der Waals surface area contributed by atoms with Crippen molar-refractivity contribution in [2.24, 2.45) is 29.1 Å². The molecule has 2 heteroatoms. The maximum Gasteiger partial charge on any atom is 0.228 e. The predicted octanol–water partition coefficient (Wildman–Crippen LogP) is 3.46. The van der Waals surface area contributed by atoms with Gasteiger partial charge in [-0.3, -0.25) is 4.79 Å². The zero-order chi connectivity index (χ0) is 13.0. The van der Waals surface area contributed by atoms with Gasteiger partial charge in [0.25, 0.3) is 0 Å². The third-order valence-electron chi connectivity index (χ3n) is 6.56. The fraction of sp³-hybridized carbons (Fsp3) is 0.941. The summed E-state index contributed by atoms with van der Waals surface area (Å²) in [6.07, 6.45) is 10.4. The van der Waals surface area contributed by atoms with Crippen LogP contribution in [-0.4, -0.2) is 23.9 Å². The van der Waals surface area contributed by atoms with E-state index in [0.717, 1.165) is 36.8 Å². The lowest BCUT2D eigenvalue weighted by Crippen LogP contribution is -2.55. The largest absolute Gasteiger partial charge is 0.342 e. The molecule has 5 fully saturated rings. The summed E-state index contributed by atoms with van der Waals surface area (Å²) in [6.45, 7) is 4.38. The summed E-state index contributed by atoms with van der Waals surface area (Å²) >= 11 is 0. The van der Waals surface area contributed by atoms with Crippen molar-refractivity contribution in [3.63, 3.8) is 0 Å². The second-order valence-corrected chi connectivity index (χ2v) is 8.17. The number of nitrogens with zero attached hydrogens (tertiary/aromatic N) is 1. The Kier molecular flexibility index (Phi) is 2.72. The van der Waals surface area contributed by atoms with Gasteiger partial charge in [0.2, 0.25) is 5.91 Å². The molecule has 4 saturated carbocycles. The van der Waals surface area contributed by atoms with Gasteiger partial charge in [-0.1, -0.05) is 6.92 Å². The van der Waals surface area contributed by atoms with Crippen molar-refractivity contribution >= 4 is 5.91 Å². The SMILES string of the molecule is CC1CCN(C(=O)C23CC4CC(CC(C4)C2)C3)CC1. The van der Waals surface area contributed by atoms with Crippen LogP contribution < -0.4 is 0 Å². The quantitative estimate of drug-likeness (QED) is 0.708. The van der Waals surface area contributed by atoms with Crippen molar-refractivity contribution in [1.29, 1.82) is 0 Å². The van der Waals surface area contributed by atoms with E-state index in [1.54, 1.807) is 0 Å². The third kappa shape index (κ3) is 1.94. The van der Waals surface area contributed by atoms with E-state index in [2.05, 4.69) is 11.8 Å². The van der Waals surface area contributed by atoms with E-state index in [0.29, 0.717) is 5.91 Å². The van der Waals surface area contributed by atoms with E-state index >= 15 is 0 Å². The van der Waals surface area contributed by atoms with Crippen molar-refractivity contribution in [3.05, 3.63) is 0 Å².